The minimum Gasteiger partial charge on any atom is -0.395 e. The Balaban J connectivity index is 1.88. The molecule has 0 fully saturated rings. The van der Waals surface area contributed by atoms with E-state index in [0.717, 1.165) is 11.0 Å². The lowest BCUT2D eigenvalue weighted by Crippen LogP contribution is -2.34. The first-order chi connectivity index (χ1) is 12.5. The van der Waals surface area contributed by atoms with Crippen molar-refractivity contribution in [1.82, 2.24) is 4.90 Å². The summed E-state index contributed by atoms with van der Waals surface area (Å²) < 4.78 is 13.1. The predicted octanol–water partition coefficient (Wildman–Crippen LogP) is 1.71. The van der Waals surface area contributed by atoms with Gasteiger partial charge in [0.25, 0.3) is 11.8 Å². The third kappa shape index (κ3) is 3.38. The quantitative estimate of drug-likeness (QED) is 0.609. The topological polar surface area (TPSA) is 86.7 Å². The molecule has 0 bridgehead atoms. The van der Waals surface area contributed by atoms with Gasteiger partial charge in [0.05, 0.1) is 13.2 Å². The number of benzene rings is 2. The average Bonchev–Trinajstić information content (AvgIpc) is 2.90. The van der Waals surface area contributed by atoms with Crippen LogP contribution in [0.2, 0.25) is 0 Å². The number of aliphatic hydroxyl groups excluding tert-OH is 1. The van der Waals surface area contributed by atoms with Crippen LogP contribution in [0.1, 0.15) is 15.9 Å². The van der Waals surface area contributed by atoms with Gasteiger partial charge in [-0.2, -0.15) is 0 Å². The van der Waals surface area contributed by atoms with Crippen LogP contribution >= 0.6 is 0 Å². The number of anilines is 1. The van der Waals surface area contributed by atoms with Crippen molar-refractivity contribution in [2.24, 2.45) is 0 Å². The molecule has 0 aliphatic carbocycles. The molecule has 2 aromatic carbocycles. The second-order valence-corrected chi connectivity index (χ2v) is 5.58. The Hall–Kier alpha value is -3.32. The number of aliphatic hydroxyl groups is 1. The highest BCUT2D eigenvalue weighted by Gasteiger charge is 2.31. The summed E-state index contributed by atoms with van der Waals surface area (Å²) in [5, 5.41) is 11.8. The zero-order valence-corrected chi connectivity index (χ0v) is 13.6. The van der Waals surface area contributed by atoms with E-state index in [2.05, 4.69) is 5.32 Å². The molecular weight excluding hydrogens is 339 g/mol. The number of para-hydroxylation sites is 1. The van der Waals surface area contributed by atoms with Crippen LogP contribution in [0.3, 0.4) is 0 Å². The van der Waals surface area contributed by atoms with Crippen molar-refractivity contribution in [3.8, 4) is 0 Å². The fourth-order valence-corrected chi connectivity index (χ4v) is 2.60. The number of β-amino-alcohol motifs (C(OH)–C–C–N with tert-alkyl or cyclic N) is 1. The van der Waals surface area contributed by atoms with Gasteiger partial charge >= 0.3 is 0 Å². The molecule has 0 atom stereocenters. The van der Waals surface area contributed by atoms with E-state index in [1.165, 1.54) is 24.3 Å². The van der Waals surface area contributed by atoms with Gasteiger partial charge in [-0.25, -0.2) is 4.39 Å². The highest BCUT2D eigenvalue weighted by atomic mass is 19.1. The van der Waals surface area contributed by atoms with Crippen molar-refractivity contribution in [3.05, 3.63) is 77.2 Å². The molecule has 0 saturated carbocycles. The molecule has 0 spiro atoms. The van der Waals surface area contributed by atoms with E-state index in [-0.39, 0.29) is 30.2 Å². The number of hydrogen-bond donors (Lipinski definition) is 2. The molecule has 26 heavy (non-hydrogen) atoms. The van der Waals surface area contributed by atoms with Crippen LogP contribution in [0, 0.1) is 5.82 Å². The van der Waals surface area contributed by atoms with Gasteiger partial charge in [0.15, 0.2) is 5.78 Å². The Bertz CT molecular complexity index is 906. The van der Waals surface area contributed by atoms with Gasteiger partial charge in [0, 0.05) is 22.9 Å². The van der Waals surface area contributed by atoms with E-state index < -0.39 is 17.6 Å². The molecule has 2 amide bonds. The number of carbonyl (C=O) groups is 3. The van der Waals surface area contributed by atoms with Crippen LogP contribution in [0.4, 0.5) is 10.1 Å². The second-order valence-electron chi connectivity index (χ2n) is 5.58. The highest BCUT2D eigenvalue weighted by molar-refractivity contribution is 6.18. The molecule has 0 saturated heterocycles. The minimum atomic E-state index is -0.576. The standard InChI is InChI=1S/C19H15FN2O4/c20-13-7-5-12(6-8-13)18(25)14-3-1-2-4-15(14)21-16-11-17(24)22(9-10-23)19(16)26/h1-8,11,21,23H,9-10H2. The lowest BCUT2D eigenvalue weighted by Gasteiger charge is -2.15. The molecule has 0 aromatic heterocycles. The molecule has 1 aliphatic rings. The molecule has 132 valence electrons. The normalized spacial score (nSPS) is 13.8. The van der Waals surface area contributed by atoms with Crippen LogP contribution in [0.25, 0.3) is 0 Å². The lowest BCUT2D eigenvalue weighted by molar-refractivity contribution is -0.137. The highest BCUT2D eigenvalue weighted by Crippen LogP contribution is 2.23. The maximum atomic E-state index is 13.1. The van der Waals surface area contributed by atoms with E-state index in [1.807, 2.05) is 0 Å². The Morgan fingerprint density at radius 3 is 2.46 bits per heavy atom. The van der Waals surface area contributed by atoms with Gasteiger partial charge in [0.2, 0.25) is 0 Å². The number of halogens is 1. The molecule has 0 radical (unpaired) electrons. The zero-order valence-electron chi connectivity index (χ0n) is 13.6. The predicted molar refractivity (Wildman–Crippen MR) is 91.8 cm³/mol. The van der Waals surface area contributed by atoms with Crippen LogP contribution in [-0.4, -0.2) is 40.8 Å². The van der Waals surface area contributed by atoms with Crippen molar-refractivity contribution in [3.63, 3.8) is 0 Å². The summed E-state index contributed by atoms with van der Waals surface area (Å²) in [6.45, 7) is -0.437. The summed E-state index contributed by atoms with van der Waals surface area (Å²) in [5.74, 6) is -1.91. The molecule has 7 heteroatoms. The van der Waals surface area contributed by atoms with Gasteiger partial charge in [-0.1, -0.05) is 12.1 Å². The molecule has 1 heterocycles. The first-order valence-corrected chi connectivity index (χ1v) is 7.86. The molecular formula is C19H15FN2O4. The van der Waals surface area contributed by atoms with Gasteiger partial charge in [-0.3, -0.25) is 19.3 Å². The fourth-order valence-electron chi connectivity index (χ4n) is 2.60. The first kappa shape index (κ1) is 17.5. The van der Waals surface area contributed by atoms with Gasteiger partial charge in [-0.05, 0) is 36.4 Å². The van der Waals surface area contributed by atoms with Crippen LogP contribution in [-0.2, 0) is 9.59 Å². The van der Waals surface area contributed by atoms with Crippen LogP contribution < -0.4 is 5.32 Å². The monoisotopic (exact) mass is 354 g/mol. The third-order valence-corrected chi connectivity index (χ3v) is 3.88. The SMILES string of the molecule is O=C(c1ccc(F)cc1)c1ccccc1NC1=CC(=O)N(CCO)C1=O. The number of amides is 2. The van der Waals surface area contributed by atoms with Gasteiger partial charge < -0.3 is 10.4 Å². The average molecular weight is 354 g/mol. The first-order valence-electron chi connectivity index (χ1n) is 7.86. The van der Waals surface area contributed by atoms with Crippen molar-refractivity contribution in [2.45, 2.75) is 0 Å². The third-order valence-electron chi connectivity index (χ3n) is 3.88. The summed E-state index contributed by atoms with van der Waals surface area (Å²) in [5.41, 5.74) is 0.939. The maximum absolute atomic E-state index is 13.1. The lowest BCUT2D eigenvalue weighted by atomic mass is 10.0. The molecule has 3 rings (SSSR count). The van der Waals surface area contributed by atoms with E-state index >= 15 is 0 Å². The minimum absolute atomic E-state index is 0.0165. The smallest absolute Gasteiger partial charge is 0.277 e. The summed E-state index contributed by atoms with van der Waals surface area (Å²) in [6, 6.07) is 11.6. The summed E-state index contributed by atoms with van der Waals surface area (Å²) in [4.78, 5) is 37.7. The molecule has 2 aromatic rings. The maximum Gasteiger partial charge on any atom is 0.277 e. The molecule has 2 N–H and O–H groups in total. The number of carbonyl (C=O) groups excluding carboxylic acids is 3. The number of nitrogens with one attached hydrogen (secondary N) is 1. The van der Waals surface area contributed by atoms with Gasteiger partial charge in [-0.15, -0.1) is 0 Å². The number of nitrogens with zero attached hydrogens (tertiary/aromatic N) is 1. The van der Waals surface area contributed by atoms with E-state index in [9.17, 15) is 18.8 Å². The summed E-state index contributed by atoms with van der Waals surface area (Å²) >= 11 is 0. The van der Waals surface area contributed by atoms with Crippen molar-refractivity contribution in [2.75, 3.05) is 18.5 Å². The Morgan fingerprint density at radius 2 is 1.77 bits per heavy atom. The molecule has 0 unspecified atom stereocenters. The Labute approximate surface area is 148 Å². The van der Waals surface area contributed by atoms with Crippen molar-refractivity contribution >= 4 is 23.3 Å². The van der Waals surface area contributed by atoms with Gasteiger partial charge in [0.1, 0.15) is 11.5 Å². The summed E-state index contributed by atoms with van der Waals surface area (Å²) in [7, 11) is 0. The number of rotatable bonds is 6. The van der Waals surface area contributed by atoms with Crippen LogP contribution in [0.5, 0.6) is 0 Å². The van der Waals surface area contributed by atoms with E-state index in [1.54, 1.807) is 24.3 Å². The Morgan fingerprint density at radius 1 is 1.08 bits per heavy atom. The van der Waals surface area contributed by atoms with E-state index in [0.29, 0.717) is 11.3 Å². The fraction of sp³-hybridized carbons (Fsp3) is 0.105. The Kier molecular flexibility index (Phi) is 4.90. The largest absolute Gasteiger partial charge is 0.395 e. The number of imide groups is 1. The summed E-state index contributed by atoms with van der Waals surface area (Å²) in [6.07, 6.45) is 1.12. The number of ketones is 1. The van der Waals surface area contributed by atoms with E-state index in [4.69, 9.17) is 5.11 Å². The molecule has 6 nitrogen and oxygen atoms in total. The van der Waals surface area contributed by atoms with Crippen molar-refractivity contribution < 1.29 is 23.9 Å². The second kappa shape index (κ2) is 7.28. The molecule has 1 aliphatic heterocycles. The van der Waals surface area contributed by atoms with Crippen molar-refractivity contribution in [1.29, 1.82) is 0 Å². The van der Waals surface area contributed by atoms with Crippen LogP contribution in [0.15, 0.2) is 60.3 Å². The number of hydrogen-bond acceptors (Lipinski definition) is 5. The zero-order chi connectivity index (χ0) is 18.7.